The summed E-state index contributed by atoms with van der Waals surface area (Å²) >= 11 is 0. The van der Waals surface area contributed by atoms with Gasteiger partial charge in [0.1, 0.15) is 0 Å². The van der Waals surface area contributed by atoms with Crippen molar-refractivity contribution in [2.24, 2.45) is 0 Å². The molecule has 0 aliphatic carbocycles. The van der Waals surface area contributed by atoms with Gasteiger partial charge < -0.3 is 4.98 Å². The molecule has 0 fully saturated rings. The van der Waals surface area contributed by atoms with E-state index in [1.807, 2.05) is 0 Å². The quantitative estimate of drug-likeness (QED) is 0.0628. The number of hydrogen-bond donors (Lipinski definition) is 1. The maximum atomic E-state index is 3.46. The van der Waals surface area contributed by atoms with Crippen molar-refractivity contribution in [3.05, 3.63) is 35.7 Å². The number of allylic oxidation sites excluding steroid dienone is 2. The summed E-state index contributed by atoms with van der Waals surface area (Å²) in [6, 6.07) is 2.23. The molecule has 1 nitrogen and oxygen atoms in total. The Labute approximate surface area is 398 Å². The Kier molecular flexibility index (Phi) is 50.6. The first kappa shape index (κ1) is 59.8. The van der Waals surface area contributed by atoms with Crippen LogP contribution >= 0.6 is 0 Å². The molecule has 370 valence electrons. The van der Waals surface area contributed by atoms with Gasteiger partial charge in [0.05, 0.1) is 0 Å². The molecular weight excluding hydrogens is 759 g/mol. The Hall–Kier alpha value is -1.24. The molecule has 0 unspecified atom stereocenters. The Morgan fingerprint density at radius 1 is 0.270 bits per heavy atom. The lowest BCUT2D eigenvalue weighted by Crippen LogP contribution is -1.84. The normalized spacial score (nSPS) is 12.0. The van der Waals surface area contributed by atoms with E-state index in [0.29, 0.717) is 0 Å². The summed E-state index contributed by atoms with van der Waals surface area (Å²) in [5, 5.41) is 0. The van der Waals surface area contributed by atoms with Gasteiger partial charge in [0.2, 0.25) is 0 Å². The van der Waals surface area contributed by atoms with Crippen LogP contribution in [-0.2, 0) is 0 Å². The Morgan fingerprint density at radius 3 is 0.714 bits per heavy atom. The third kappa shape index (κ3) is 47.1. The predicted octanol–water partition coefficient (Wildman–Crippen LogP) is 23.4. The van der Waals surface area contributed by atoms with Crippen LogP contribution in [-0.4, -0.2) is 4.98 Å². The van der Waals surface area contributed by atoms with Gasteiger partial charge in [-0.1, -0.05) is 340 Å². The third-order valence-electron chi connectivity index (χ3n) is 14.3. The molecule has 0 aliphatic rings. The van der Waals surface area contributed by atoms with Crippen molar-refractivity contribution in [2.45, 2.75) is 348 Å². The highest BCUT2D eigenvalue weighted by atomic mass is 14.7. The van der Waals surface area contributed by atoms with Crippen LogP contribution < -0.4 is 0 Å². The van der Waals surface area contributed by atoms with Crippen LogP contribution in [0.1, 0.15) is 359 Å². The van der Waals surface area contributed by atoms with E-state index in [4.69, 9.17) is 0 Å². The van der Waals surface area contributed by atoms with Crippen LogP contribution in [0, 0.1) is 0 Å². The molecule has 63 heavy (non-hydrogen) atoms. The van der Waals surface area contributed by atoms with Crippen molar-refractivity contribution in [2.75, 3.05) is 0 Å². The van der Waals surface area contributed by atoms with Crippen molar-refractivity contribution in [3.8, 4) is 0 Å². The van der Waals surface area contributed by atoms with Crippen molar-refractivity contribution >= 4 is 12.2 Å². The Balaban J connectivity index is 1.78. The van der Waals surface area contributed by atoms with Crippen LogP contribution in [0.5, 0.6) is 0 Å². The van der Waals surface area contributed by atoms with Crippen LogP contribution in [0.15, 0.2) is 24.4 Å². The molecule has 0 aromatic carbocycles. The molecule has 0 saturated heterocycles. The smallest absolute Gasteiger partial charge is 0.0450 e. The molecule has 1 heterocycles. The third-order valence-corrected chi connectivity index (χ3v) is 14.3. The molecule has 1 rings (SSSR count). The van der Waals surface area contributed by atoms with Gasteiger partial charge in [-0.2, -0.15) is 0 Å². The fourth-order valence-corrected chi connectivity index (χ4v) is 9.90. The molecule has 0 amide bonds. The molecule has 1 heteroatoms. The molecule has 0 atom stereocenters. The van der Waals surface area contributed by atoms with E-state index in [-0.39, 0.29) is 0 Å². The van der Waals surface area contributed by atoms with Crippen molar-refractivity contribution < 1.29 is 0 Å². The highest BCUT2D eigenvalue weighted by Crippen LogP contribution is 2.19. The Morgan fingerprint density at radius 2 is 0.476 bits per heavy atom. The summed E-state index contributed by atoms with van der Waals surface area (Å²) in [6.45, 7) is 4.62. The average Bonchev–Trinajstić information content (AvgIpc) is 3.75. The van der Waals surface area contributed by atoms with E-state index >= 15 is 0 Å². The minimum Gasteiger partial charge on any atom is -0.361 e. The molecule has 1 N–H and O–H groups in total. The SMILES string of the molecule is CCCCCCCCCCCCCCCCCCCCCCCCCCCC=Cc1cc[nH]c1C=CCCCCCCCCCCCCCCCCCCCCCCCCCCC. The predicted molar refractivity (Wildman–Crippen MR) is 290 cm³/mol. The average molecular weight is 877 g/mol. The van der Waals surface area contributed by atoms with Gasteiger partial charge in [-0.3, -0.25) is 0 Å². The van der Waals surface area contributed by atoms with Gasteiger partial charge in [0, 0.05) is 11.9 Å². The molecule has 0 aliphatic heterocycles. The van der Waals surface area contributed by atoms with E-state index in [9.17, 15) is 0 Å². The highest BCUT2D eigenvalue weighted by Gasteiger charge is 2.00. The number of H-pyrrole nitrogens is 1. The molecule has 0 bridgehead atoms. The van der Waals surface area contributed by atoms with Crippen LogP contribution in [0.3, 0.4) is 0 Å². The molecule has 1 aromatic heterocycles. The first-order valence-electron chi connectivity index (χ1n) is 29.9. The van der Waals surface area contributed by atoms with Gasteiger partial charge in [-0.15, -0.1) is 0 Å². The number of rotatable bonds is 54. The molecule has 0 saturated carbocycles. The minimum atomic E-state index is 1.21. The van der Waals surface area contributed by atoms with E-state index < -0.39 is 0 Å². The van der Waals surface area contributed by atoms with Crippen molar-refractivity contribution in [3.63, 3.8) is 0 Å². The summed E-state index contributed by atoms with van der Waals surface area (Å²) in [7, 11) is 0. The lowest BCUT2D eigenvalue weighted by molar-refractivity contribution is 0.516. The second kappa shape index (κ2) is 53.4. The van der Waals surface area contributed by atoms with Crippen molar-refractivity contribution in [1.29, 1.82) is 0 Å². The summed E-state index contributed by atoms with van der Waals surface area (Å²) in [6.07, 6.45) is 86.9. The minimum absolute atomic E-state index is 1.21. The van der Waals surface area contributed by atoms with E-state index in [0.717, 1.165) is 0 Å². The van der Waals surface area contributed by atoms with Crippen LogP contribution in [0.25, 0.3) is 12.2 Å². The van der Waals surface area contributed by atoms with Crippen molar-refractivity contribution in [1.82, 2.24) is 4.98 Å². The molecular formula is C62H117N. The second-order valence-corrected chi connectivity index (χ2v) is 20.7. The standard InChI is InChI=1S/C62H117N/c1-3-5-7-9-11-13-15-17-19-21-23-25-27-29-31-33-35-37-39-41-43-45-47-49-51-53-55-57-61-59-60-63-62(61)58-56-54-52-50-48-46-44-42-40-38-36-34-32-30-28-26-24-22-20-18-16-14-12-10-8-6-4-2/h55-60,63H,3-54H2,1-2H3. The lowest BCUT2D eigenvalue weighted by atomic mass is 10.0. The largest absolute Gasteiger partial charge is 0.361 e. The Bertz CT molecular complexity index is 936. The van der Waals surface area contributed by atoms with E-state index in [1.54, 1.807) is 0 Å². The summed E-state index contributed by atoms with van der Waals surface area (Å²) in [5.41, 5.74) is 2.63. The first-order valence-corrected chi connectivity index (χ1v) is 29.9. The van der Waals surface area contributed by atoms with Gasteiger partial charge >= 0.3 is 0 Å². The summed E-state index contributed by atoms with van der Waals surface area (Å²) < 4.78 is 0. The number of unbranched alkanes of at least 4 members (excludes halogenated alkanes) is 50. The zero-order chi connectivity index (χ0) is 44.9. The topological polar surface area (TPSA) is 15.8 Å². The lowest BCUT2D eigenvalue weighted by Gasteiger charge is -2.04. The number of aromatic amines is 1. The number of nitrogens with one attached hydrogen (secondary N) is 1. The van der Waals surface area contributed by atoms with Gasteiger partial charge in [0.15, 0.2) is 0 Å². The van der Waals surface area contributed by atoms with Gasteiger partial charge in [0.25, 0.3) is 0 Å². The van der Waals surface area contributed by atoms with E-state index in [2.05, 4.69) is 55.4 Å². The maximum Gasteiger partial charge on any atom is 0.0450 e. The van der Waals surface area contributed by atoms with Crippen LogP contribution in [0.4, 0.5) is 0 Å². The van der Waals surface area contributed by atoms with E-state index in [1.165, 1.54) is 345 Å². The van der Waals surface area contributed by atoms with Gasteiger partial charge in [-0.05, 0) is 43.4 Å². The monoisotopic (exact) mass is 876 g/mol. The second-order valence-electron chi connectivity index (χ2n) is 20.7. The fourth-order valence-electron chi connectivity index (χ4n) is 9.90. The highest BCUT2D eigenvalue weighted by molar-refractivity contribution is 5.62. The number of hydrogen-bond acceptors (Lipinski definition) is 0. The van der Waals surface area contributed by atoms with Crippen LogP contribution in [0.2, 0.25) is 0 Å². The summed E-state index contributed by atoms with van der Waals surface area (Å²) in [4.78, 5) is 3.46. The maximum absolute atomic E-state index is 3.46. The first-order chi connectivity index (χ1) is 31.4. The fraction of sp³-hybridized carbons (Fsp3) is 0.871. The zero-order valence-corrected chi connectivity index (χ0v) is 43.7. The molecule has 1 aromatic rings. The molecule has 0 radical (unpaired) electrons. The zero-order valence-electron chi connectivity index (χ0n) is 43.7. The van der Waals surface area contributed by atoms with Gasteiger partial charge in [-0.25, -0.2) is 0 Å². The number of aromatic nitrogens is 1. The molecule has 0 spiro atoms. The summed E-state index contributed by atoms with van der Waals surface area (Å²) in [5.74, 6) is 0.